The van der Waals surface area contributed by atoms with E-state index in [0.29, 0.717) is 13.1 Å². The highest BCUT2D eigenvalue weighted by molar-refractivity contribution is 7.89. The number of rotatable bonds is 3. The zero-order valence-electron chi connectivity index (χ0n) is 14.8. The van der Waals surface area contributed by atoms with Gasteiger partial charge in [0, 0.05) is 31.7 Å². The van der Waals surface area contributed by atoms with Crippen LogP contribution in [0.3, 0.4) is 0 Å². The molecule has 2 aromatic carbocycles. The summed E-state index contributed by atoms with van der Waals surface area (Å²) < 4.78 is 26.6. The van der Waals surface area contributed by atoms with Gasteiger partial charge in [0.2, 0.25) is 10.0 Å². The molecule has 0 spiro atoms. The molecule has 7 heteroatoms. The van der Waals surface area contributed by atoms with Crippen molar-refractivity contribution in [1.82, 2.24) is 14.5 Å². The van der Waals surface area contributed by atoms with Gasteiger partial charge >= 0.3 is 6.03 Å². The van der Waals surface area contributed by atoms with Gasteiger partial charge in [0.25, 0.3) is 0 Å². The van der Waals surface area contributed by atoms with Gasteiger partial charge in [0.15, 0.2) is 0 Å². The second-order valence-electron chi connectivity index (χ2n) is 6.03. The highest BCUT2D eigenvalue weighted by Crippen LogP contribution is 2.17. The van der Waals surface area contributed by atoms with Gasteiger partial charge < -0.3 is 10.2 Å². The van der Waals surface area contributed by atoms with Crippen molar-refractivity contribution in [2.45, 2.75) is 4.90 Å². The Morgan fingerprint density at radius 2 is 1.52 bits per heavy atom. The average Bonchev–Trinajstić information content (AvgIpc) is 2.72. The SMILES string of the molecule is O=C(NCC#Cc1ccccc1)N1CCN(S(=O)(=O)c2ccccc2)CC1. The van der Waals surface area contributed by atoms with E-state index < -0.39 is 10.0 Å². The van der Waals surface area contributed by atoms with Crippen molar-refractivity contribution in [2.24, 2.45) is 0 Å². The van der Waals surface area contributed by atoms with E-state index in [1.807, 2.05) is 30.3 Å². The third-order valence-electron chi connectivity index (χ3n) is 4.24. The maximum atomic E-state index is 12.6. The summed E-state index contributed by atoms with van der Waals surface area (Å²) in [6.45, 7) is 1.50. The number of urea groups is 1. The van der Waals surface area contributed by atoms with Gasteiger partial charge in [-0.1, -0.05) is 48.2 Å². The Balaban J connectivity index is 1.49. The Hall–Kier alpha value is -2.82. The number of piperazine rings is 1. The number of amides is 2. The van der Waals surface area contributed by atoms with Gasteiger partial charge in [-0.3, -0.25) is 0 Å². The average molecular weight is 383 g/mol. The lowest BCUT2D eigenvalue weighted by Gasteiger charge is -2.33. The van der Waals surface area contributed by atoms with E-state index >= 15 is 0 Å². The molecule has 0 unspecified atom stereocenters. The summed E-state index contributed by atoms with van der Waals surface area (Å²) in [5.74, 6) is 5.89. The number of sulfonamides is 1. The second kappa shape index (κ2) is 8.71. The maximum Gasteiger partial charge on any atom is 0.318 e. The predicted octanol–water partition coefficient (Wildman–Crippen LogP) is 1.75. The quantitative estimate of drug-likeness (QED) is 0.821. The molecule has 1 N–H and O–H groups in total. The van der Waals surface area contributed by atoms with Crippen molar-refractivity contribution >= 4 is 16.1 Å². The van der Waals surface area contributed by atoms with Gasteiger partial charge in [-0.05, 0) is 24.3 Å². The Kier molecular flexibility index (Phi) is 6.12. The standard InChI is InChI=1S/C20H21N3O3S/c24-20(21-13-7-10-18-8-3-1-4-9-18)22-14-16-23(17-15-22)27(25,26)19-11-5-2-6-12-19/h1-6,8-9,11-12H,13-17H2,(H,21,24). The third-order valence-corrected chi connectivity index (χ3v) is 6.15. The highest BCUT2D eigenvalue weighted by Gasteiger charge is 2.29. The van der Waals surface area contributed by atoms with E-state index in [9.17, 15) is 13.2 Å². The number of hydrogen-bond donors (Lipinski definition) is 1. The van der Waals surface area contributed by atoms with Crippen molar-refractivity contribution in [3.05, 3.63) is 66.2 Å². The van der Waals surface area contributed by atoms with Crippen molar-refractivity contribution in [2.75, 3.05) is 32.7 Å². The molecule has 0 radical (unpaired) electrons. The van der Waals surface area contributed by atoms with Crippen molar-refractivity contribution in [1.29, 1.82) is 0 Å². The monoisotopic (exact) mass is 383 g/mol. The summed E-state index contributed by atoms with van der Waals surface area (Å²) in [5.41, 5.74) is 0.895. The van der Waals surface area contributed by atoms with Crippen LogP contribution in [0.25, 0.3) is 0 Å². The van der Waals surface area contributed by atoms with Crippen LogP contribution in [-0.4, -0.2) is 56.4 Å². The Morgan fingerprint density at radius 1 is 0.926 bits per heavy atom. The summed E-state index contributed by atoms with van der Waals surface area (Å²) >= 11 is 0. The summed E-state index contributed by atoms with van der Waals surface area (Å²) in [7, 11) is -3.51. The Morgan fingerprint density at radius 3 is 2.15 bits per heavy atom. The number of benzene rings is 2. The van der Waals surface area contributed by atoms with Crippen LogP contribution < -0.4 is 5.32 Å². The van der Waals surface area contributed by atoms with Crippen molar-refractivity contribution in [3.8, 4) is 11.8 Å². The van der Waals surface area contributed by atoms with Crippen LogP contribution in [0.1, 0.15) is 5.56 Å². The fourth-order valence-corrected chi connectivity index (χ4v) is 4.22. The summed E-state index contributed by atoms with van der Waals surface area (Å²) in [6, 6.07) is 17.7. The molecule has 0 bridgehead atoms. The minimum atomic E-state index is -3.51. The van der Waals surface area contributed by atoms with Crippen LogP contribution in [0.4, 0.5) is 4.79 Å². The number of nitrogens with one attached hydrogen (secondary N) is 1. The zero-order valence-corrected chi connectivity index (χ0v) is 15.7. The van der Waals surface area contributed by atoms with E-state index in [2.05, 4.69) is 17.2 Å². The topological polar surface area (TPSA) is 69.7 Å². The minimum absolute atomic E-state index is 0.228. The molecule has 2 amide bonds. The molecular weight excluding hydrogens is 362 g/mol. The van der Waals surface area contributed by atoms with E-state index in [0.717, 1.165) is 5.56 Å². The largest absolute Gasteiger partial charge is 0.327 e. The molecule has 0 saturated carbocycles. The zero-order chi connectivity index (χ0) is 19.1. The molecular formula is C20H21N3O3S. The first-order valence-corrected chi connectivity index (χ1v) is 10.1. The van der Waals surface area contributed by atoms with Crippen LogP contribution in [0.5, 0.6) is 0 Å². The third kappa shape index (κ3) is 4.88. The normalized spacial score (nSPS) is 14.9. The molecule has 3 rings (SSSR count). The first kappa shape index (κ1) is 19.0. The second-order valence-corrected chi connectivity index (χ2v) is 7.97. The van der Waals surface area contributed by atoms with Gasteiger partial charge in [0.1, 0.15) is 0 Å². The molecule has 27 heavy (non-hydrogen) atoms. The molecule has 0 aliphatic carbocycles. The van der Waals surface area contributed by atoms with Crippen molar-refractivity contribution in [3.63, 3.8) is 0 Å². The van der Waals surface area contributed by atoms with Gasteiger partial charge in [0.05, 0.1) is 11.4 Å². The lowest BCUT2D eigenvalue weighted by Crippen LogP contribution is -2.53. The number of nitrogens with zero attached hydrogens (tertiary/aromatic N) is 2. The van der Waals surface area contributed by atoms with Crippen LogP contribution in [0.15, 0.2) is 65.6 Å². The molecule has 1 aliphatic heterocycles. The van der Waals surface area contributed by atoms with Crippen LogP contribution in [-0.2, 0) is 10.0 Å². The molecule has 2 aromatic rings. The minimum Gasteiger partial charge on any atom is -0.327 e. The number of carbonyl (C=O) groups is 1. The molecule has 140 valence electrons. The lowest BCUT2D eigenvalue weighted by atomic mass is 10.2. The van der Waals surface area contributed by atoms with Crippen LogP contribution in [0.2, 0.25) is 0 Å². The van der Waals surface area contributed by atoms with Gasteiger partial charge in [-0.25, -0.2) is 13.2 Å². The van der Waals surface area contributed by atoms with Crippen LogP contribution >= 0.6 is 0 Å². The molecule has 6 nitrogen and oxygen atoms in total. The van der Waals surface area contributed by atoms with E-state index in [-0.39, 0.29) is 30.6 Å². The number of carbonyl (C=O) groups excluding carboxylic acids is 1. The van der Waals surface area contributed by atoms with E-state index in [4.69, 9.17) is 0 Å². The number of hydrogen-bond acceptors (Lipinski definition) is 3. The first-order chi connectivity index (χ1) is 13.1. The first-order valence-electron chi connectivity index (χ1n) is 8.69. The van der Waals surface area contributed by atoms with Crippen LogP contribution in [0, 0.1) is 11.8 Å². The molecule has 1 fully saturated rings. The smallest absolute Gasteiger partial charge is 0.318 e. The fraction of sp³-hybridized carbons (Fsp3) is 0.250. The predicted molar refractivity (Wildman–Crippen MR) is 103 cm³/mol. The maximum absolute atomic E-state index is 12.6. The van der Waals surface area contributed by atoms with E-state index in [1.54, 1.807) is 35.2 Å². The molecule has 1 aliphatic rings. The summed E-state index contributed by atoms with van der Waals surface area (Å²) in [6.07, 6.45) is 0. The summed E-state index contributed by atoms with van der Waals surface area (Å²) in [4.78, 5) is 14.1. The van der Waals surface area contributed by atoms with Gasteiger partial charge in [-0.2, -0.15) is 4.31 Å². The van der Waals surface area contributed by atoms with Gasteiger partial charge in [-0.15, -0.1) is 0 Å². The molecule has 1 heterocycles. The van der Waals surface area contributed by atoms with Crippen molar-refractivity contribution < 1.29 is 13.2 Å². The Bertz CT molecular complexity index is 927. The van der Waals surface area contributed by atoms with E-state index in [1.165, 1.54) is 4.31 Å². The molecule has 0 atom stereocenters. The molecule has 1 saturated heterocycles. The lowest BCUT2D eigenvalue weighted by molar-refractivity contribution is 0.173. The molecule has 0 aromatic heterocycles. The fourth-order valence-electron chi connectivity index (χ4n) is 2.77. The highest BCUT2D eigenvalue weighted by atomic mass is 32.2. The summed E-state index contributed by atoms with van der Waals surface area (Å²) in [5, 5.41) is 2.75. The Labute approximate surface area is 159 Å².